The summed E-state index contributed by atoms with van der Waals surface area (Å²) < 4.78 is 5.42. The highest BCUT2D eigenvalue weighted by Gasteiger charge is 2.17. The Morgan fingerprint density at radius 2 is 2.24 bits per heavy atom. The highest BCUT2D eigenvalue weighted by Crippen LogP contribution is 2.12. The second-order valence-corrected chi connectivity index (χ2v) is 5.29. The first-order chi connectivity index (χ1) is 10.1. The van der Waals surface area contributed by atoms with Crippen molar-refractivity contribution in [2.24, 2.45) is 0 Å². The van der Waals surface area contributed by atoms with Crippen LogP contribution >= 0.6 is 0 Å². The predicted molar refractivity (Wildman–Crippen MR) is 80.1 cm³/mol. The van der Waals surface area contributed by atoms with Crippen molar-refractivity contribution in [3.05, 3.63) is 29.8 Å². The van der Waals surface area contributed by atoms with Crippen LogP contribution in [-0.2, 0) is 9.59 Å². The fraction of sp³-hybridized carbons (Fsp3) is 0.500. The van der Waals surface area contributed by atoms with E-state index in [0.29, 0.717) is 25.3 Å². The molecule has 2 rings (SSSR count). The molecule has 0 saturated carbocycles. The molecule has 1 saturated heterocycles. The van der Waals surface area contributed by atoms with Crippen LogP contribution < -0.4 is 10.1 Å². The number of amides is 2. The first-order valence-corrected chi connectivity index (χ1v) is 7.39. The van der Waals surface area contributed by atoms with E-state index in [4.69, 9.17) is 4.74 Å². The van der Waals surface area contributed by atoms with Crippen molar-refractivity contribution < 1.29 is 14.3 Å². The van der Waals surface area contributed by atoms with Crippen LogP contribution in [-0.4, -0.2) is 43.0 Å². The maximum atomic E-state index is 11.7. The number of hydrogen-bond donors (Lipinski definition) is 1. The number of nitrogens with one attached hydrogen (secondary N) is 1. The largest absolute Gasteiger partial charge is 0.484 e. The van der Waals surface area contributed by atoms with Crippen LogP contribution in [0.1, 0.15) is 24.8 Å². The van der Waals surface area contributed by atoms with Crippen molar-refractivity contribution in [2.75, 3.05) is 26.2 Å². The van der Waals surface area contributed by atoms with E-state index in [0.717, 1.165) is 24.9 Å². The van der Waals surface area contributed by atoms with Crippen LogP contribution in [0.3, 0.4) is 0 Å². The van der Waals surface area contributed by atoms with Crippen molar-refractivity contribution in [3.8, 4) is 5.75 Å². The van der Waals surface area contributed by atoms with E-state index in [9.17, 15) is 9.59 Å². The Kier molecular flexibility index (Phi) is 5.60. The molecular formula is C16H22N2O3. The quantitative estimate of drug-likeness (QED) is 0.864. The fourth-order valence-corrected chi connectivity index (χ4v) is 2.33. The van der Waals surface area contributed by atoms with Gasteiger partial charge in [-0.15, -0.1) is 0 Å². The Morgan fingerprint density at radius 3 is 3.00 bits per heavy atom. The van der Waals surface area contributed by atoms with Gasteiger partial charge in [-0.3, -0.25) is 9.59 Å². The molecular weight excluding hydrogens is 268 g/mol. The van der Waals surface area contributed by atoms with Crippen LogP contribution in [0.4, 0.5) is 0 Å². The van der Waals surface area contributed by atoms with Crippen molar-refractivity contribution >= 4 is 11.8 Å². The summed E-state index contributed by atoms with van der Waals surface area (Å²) >= 11 is 0. The third-order valence-corrected chi connectivity index (χ3v) is 3.48. The van der Waals surface area contributed by atoms with Gasteiger partial charge in [0.2, 0.25) is 5.91 Å². The SMILES string of the molecule is Cc1cccc(OCC(=O)NCCN2CCCCC2=O)c1. The summed E-state index contributed by atoms with van der Waals surface area (Å²) in [5.74, 6) is 0.712. The van der Waals surface area contributed by atoms with Crippen molar-refractivity contribution in [3.63, 3.8) is 0 Å². The van der Waals surface area contributed by atoms with Gasteiger partial charge < -0.3 is 15.0 Å². The standard InChI is InChI=1S/C16H22N2O3/c1-13-5-4-6-14(11-13)21-12-15(19)17-8-10-18-9-3-2-7-16(18)20/h4-6,11H,2-3,7-10,12H2,1H3,(H,17,19). The number of benzene rings is 1. The van der Waals surface area contributed by atoms with Crippen molar-refractivity contribution in [2.45, 2.75) is 26.2 Å². The molecule has 1 heterocycles. The molecule has 0 aliphatic carbocycles. The molecule has 1 aliphatic heterocycles. The first kappa shape index (κ1) is 15.4. The molecule has 5 nitrogen and oxygen atoms in total. The second-order valence-electron chi connectivity index (χ2n) is 5.29. The molecule has 2 amide bonds. The van der Waals surface area contributed by atoms with Crippen LogP contribution in [0.5, 0.6) is 5.75 Å². The zero-order chi connectivity index (χ0) is 15.1. The van der Waals surface area contributed by atoms with E-state index < -0.39 is 0 Å². The predicted octanol–water partition coefficient (Wildman–Crippen LogP) is 1.50. The maximum absolute atomic E-state index is 11.7. The molecule has 0 spiro atoms. The van der Waals surface area contributed by atoms with E-state index in [-0.39, 0.29) is 18.4 Å². The normalized spacial score (nSPS) is 14.9. The van der Waals surface area contributed by atoms with Gasteiger partial charge in [-0.2, -0.15) is 0 Å². The molecule has 0 unspecified atom stereocenters. The molecule has 0 atom stereocenters. The molecule has 114 valence electrons. The van der Waals surface area contributed by atoms with Crippen LogP contribution in [0.25, 0.3) is 0 Å². The van der Waals surface area contributed by atoms with Crippen LogP contribution in [0, 0.1) is 6.92 Å². The molecule has 1 fully saturated rings. The number of ether oxygens (including phenoxy) is 1. The van der Waals surface area contributed by atoms with Gasteiger partial charge in [0.1, 0.15) is 5.75 Å². The molecule has 0 bridgehead atoms. The Hall–Kier alpha value is -2.04. The number of nitrogens with zero attached hydrogens (tertiary/aromatic N) is 1. The Labute approximate surface area is 125 Å². The van der Waals surface area contributed by atoms with Crippen LogP contribution in [0.2, 0.25) is 0 Å². The number of likely N-dealkylation sites (tertiary alicyclic amines) is 1. The van der Waals surface area contributed by atoms with Crippen molar-refractivity contribution in [1.82, 2.24) is 10.2 Å². The summed E-state index contributed by atoms with van der Waals surface area (Å²) in [5.41, 5.74) is 1.09. The maximum Gasteiger partial charge on any atom is 0.258 e. The van der Waals surface area contributed by atoms with Gasteiger partial charge in [0.15, 0.2) is 6.61 Å². The molecule has 0 radical (unpaired) electrons. The summed E-state index contributed by atoms with van der Waals surface area (Å²) in [6.07, 6.45) is 2.66. The number of carbonyl (C=O) groups excluding carboxylic acids is 2. The van der Waals surface area contributed by atoms with Gasteiger partial charge in [0, 0.05) is 26.1 Å². The number of rotatable bonds is 6. The highest BCUT2D eigenvalue weighted by molar-refractivity contribution is 5.78. The molecule has 21 heavy (non-hydrogen) atoms. The minimum absolute atomic E-state index is 0.00258. The van der Waals surface area contributed by atoms with Gasteiger partial charge in [-0.1, -0.05) is 12.1 Å². The second kappa shape index (κ2) is 7.67. The molecule has 5 heteroatoms. The first-order valence-electron chi connectivity index (χ1n) is 7.39. The van der Waals surface area contributed by atoms with Crippen molar-refractivity contribution in [1.29, 1.82) is 0 Å². The summed E-state index contributed by atoms with van der Waals surface area (Å²) in [6.45, 7) is 3.82. The smallest absolute Gasteiger partial charge is 0.258 e. The topological polar surface area (TPSA) is 58.6 Å². The van der Waals surface area contributed by atoms with E-state index in [1.807, 2.05) is 36.1 Å². The summed E-state index contributed by atoms with van der Waals surface area (Å²) in [7, 11) is 0. The lowest BCUT2D eigenvalue weighted by molar-refractivity contribution is -0.133. The van der Waals surface area contributed by atoms with Crippen LogP contribution in [0.15, 0.2) is 24.3 Å². The highest BCUT2D eigenvalue weighted by atomic mass is 16.5. The molecule has 1 aromatic carbocycles. The molecule has 0 aromatic heterocycles. The van der Waals surface area contributed by atoms with Gasteiger partial charge in [0.05, 0.1) is 0 Å². The fourth-order valence-electron chi connectivity index (χ4n) is 2.33. The number of piperidine rings is 1. The number of hydrogen-bond acceptors (Lipinski definition) is 3. The monoisotopic (exact) mass is 290 g/mol. The van der Waals surface area contributed by atoms with Gasteiger partial charge >= 0.3 is 0 Å². The van der Waals surface area contributed by atoms with E-state index >= 15 is 0 Å². The Morgan fingerprint density at radius 1 is 1.38 bits per heavy atom. The van der Waals surface area contributed by atoms with Gasteiger partial charge in [-0.05, 0) is 37.5 Å². The average molecular weight is 290 g/mol. The van der Waals surface area contributed by atoms with E-state index in [1.165, 1.54) is 0 Å². The van der Waals surface area contributed by atoms with Gasteiger partial charge in [0.25, 0.3) is 5.91 Å². The van der Waals surface area contributed by atoms with E-state index in [1.54, 1.807) is 0 Å². The zero-order valence-corrected chi connectivity index (χ0v) is 12.4. The average Bonchev–Trinajstić information content (AvgIpc) is 2.47. The summed E-state index contributed by atoms with van der Waals surface area (Å²) in [4.78, 5) is 25.1. The number of carbonyl (C=O) groups is 2. The third-order valence-electron chi connectivity index (χ3n) is 3.48. The lowest BCUT2D eigenvalue weighted by Crippen LogP contribution is -2.41. The summed E-state index contributed by atoms with van der Waals surface area (Å²) in [5, 5.41) is 2.78. The molecule has 1 aliphatic rings. The molecule has 1 aromatic rings. The third kappa shape index (κ3) is 5.10. The lowest BCUT2D eigenvalue weighted by Gasteiger charge is -2.26. The number of aryl methyl sites for hydroxylation is 1. The minimum Gasteiger partial charge on any atom is -0.484 e. The van der Waals surface area contributed by atoms with E-state index in [2.05, 4.69) is 5.32 Å². The zero-order valence-electron chi connectivity index (χ0n) is 12.4. The minimum atomic E-state index is -0.166. The Bertz CT molecular complexity index is 502. The lowest BCUT2D eigenvalue weighted by atomic mass is 10.1. The van der Waals surface area contributed by atoms with Gasteiger partial charge in [-0.25, -0.2) is 0 Å². The Balaban J connectivity index is 1.64. The molecule has 1 N–H and O–H groups in total. The summed E-state index contributed by atoms with van der Waals surface area (Å²) in [6, 6.07) is 7.58.